The van der Waals surface area contributed by atoms with Gasteiger partial charge in [-0.2, -0.15) is 0 Å². The number of amides is 1. The molecule has 0 fully saturated rings. The Hall–Kier alpha value is -2.73. The third-order valence-corrected chi connectivity index (χ3v) is 4.74. The van der Waals surface area contributed by atoms with Crippen LogP contribution in [0.15, 0.2) is 71.9 Å². The Kier molecular flexibility index (Phi) is 4.08. The first-order chi connectivity index (χ1) is 11.0. The molecule has 6 heteroatoms. The summed E-state index contributed by atoms with van der Waals surface area (Å²) >= 11 is 0. The van der Waals surface area contributed by atoms with E-state index in [0.717, 1.165) is 10.8 Å². The smallest absolute Gasteiger partial charge is 0.264 e. The van der Waals surface area contributed by atoms with Crippen LogP contribution in [-0.4, -0.2) is 19.3 Å². The number of nitrogens with zero attached hydrogens (tertiary/aromatic N) is 1. The third-order valence-electron chi connectivity index (χ3n) is 3.37. The number of fused-ring (bicyclic) bond motifs is 1. The van der Waals surface area contributed by atoms with Crippen molar-refractivity contribution in [1.29, 1.82) is 0 Å². The highest BCUT2D eigenvalue weighted by Gasteiger charge is 2.18. The van der Waals surface area contributed by atoms with E-state index in [4.69, 9.17) is 0 Å². The lowest BCUT2D eigenvalue weighted by atomic mass is 10.1. The minimum absolute atomic E-state index is 0.0410. The highest BCUT2D eigenvalue weighted by molar-refractivity contribution is 7.90. The van der Waals surface area contributed by atoms with Crippen LogP contribution in [0.1, 0.15) is 5.56 Å². The van der Waals surface area contributed by atoms with Crippen LogP contribution in [0.5, 0.6) is 0 Å². The Labute approximate surface area is 134 Å². The molecular formula is C17H14N2O3S. The van der Waals surface area contributed by atoms with Crippen molar-refractivity contribution in [3.8, 4) is 0 Å². The van der Waals surface area contributed by atoms with Crippen LogP contribution >= 0.6 is 0 Å². The van der Waals surface area contributed by atoms with Crippen LogP contribution < -0.4 is 4.72 Å². The van der Waals surface area contributed by atoms with Gasteiger partial charge in [0.25, 0.3) is 10.0 Å². The van der Waals surface area contributed by atoms with Crippen molar-refractivity contribution in [3.05, 3.63) is 72.6 Å². The fourth-order valence-electron chi connectivity index (χ4n) is 2.27. The maximum Gasteiger partial charge on any atom is 0.264 e. The number of carbonyl (C=O) groups is 1. The number of carbonyl (C=O) groups excluding carboxylic acids is 1. The largest absolute Gasteiger partial charge is 0.274 e. The molecule has 5 nitrogen and oxygen atoms in total. The molecule has 0 aliphatic carbocycles. The van der Waals surface area contributed by atoms with Crippen molar-refractivity contribution in [1.82, 2.24) is 9.71 Å². The van der Waals surface area contributed by atoms with Gasteiger partial charge >= 0.3 is 0 Å². The summed E-state index contributed by atoms with van der Waals surface area (Å²) in [4.78, 5) is 15.9. The molecule has 1 aromatic heterocycles. The summed E-state index contributed by atoms with van der Waals surface area (Å²) in [5.74, 6) is -0.592. The first kappa shape index (κ1) is 15.2. The zero-order chi connectivity index (χ0) is 16.3. The monoisotopic (exact) mass is 326 g/mol. The number of aromatic nitrogens is 1. The van der Waals surface area contributed by atoms with Crippen molar-refractivity contribution in [2.24, 2.45) is 0 Å². The SMILES string of the molecule is O=C(Cc1cccnc1)NS(=O)(=O)c1ccc2ccccc2c1. The molecule has 0 saturated carbocycles. The summed E-state index contributed by atoms with van der Waals surface area (Å²) in [5, 5.41) is 1.74. The van der Waals surface area contributed by atoms with Gasteiger partial charge in [0, 0.05) is 12.4 Å². The van der Waals surface area contributed by atoms with Crippen molar-refractivity contribution in [2.45, 2.75) is 11.3 Å². The molecule has 3 aromatic rings. The van der Waals surface area contributed by atoms with Crippen molar-refractivity contribution in [3.63, 3.8) is 0 Å². The molecule has 0 aliphatic heterocycles. The molecule has 1 heterocycles. The van der Waals surface area contributed by atoms with Crippen LogP contribution in [0.3, 0.4) is 0 Å². The van der Waals surface area contributed by atoms with Gasteiger partial charge in [0.05, 0.1) is 11.3 Å². The van der Waals surface area contributed by atoms with Crippen LogP contribution in [0.25, 0.3) is 10.8 Å². The first-order valence-electron chi connectivity index (χ1n) is 6.98. The fourth-order valence-corrected chi connectivity index (χ4v) is 3.29. The predicted octanol–water partition coefficient (Wildman–Crippen LogP) is 2.28. The van der Waals surface area contributed by atoms with Crippen molar-refractivity contribution in [2.75, 3.05) is 0 Å². The van der Waals surface area contributed by atoms with Crippen LogP contribution in [0, 0.1) is 0 Å². The molecule has 1 amide bonds. The van der Waals surface area contributed by atoms with E-state index in [1.165, 1.54) is 12.3 Å². The van der Waals surface area contributed by atoms with E-state index in [9.17, 15) is 13.2 Å². The molecular weight excluding hydrogens is 312 g/mol. The van der Waals surface area contributed by atoms with Gasteiger partial charge in [0.2, 0.25) is 5.91 Å². The zero-order valence-electron chi connectivity index (χ0n) is 12.1. The molecule has 0 unspecified atom stereocenters. The maximum absolute atomic E-state index is 12.3. The number of hydrogen-bond acceptors (Lipinski definition) is 4. The third kappa shape index (κ3) is 3.54. The summed E-state index contributed by atoms with van der Waals surface area (Å²) < 4.78 is 26.7. The lowest BCUT2D eigenvalue weighted by Gasteiger charge is -2.08. The number of pyridine rings is 1. The van der Waals surface area contributed by atoms with Gasteiger partial charge in [-0.1, -0.05) is 36.4 Å². The van der Waals surface area contributed by atoms with Gasteiger partial charge in [-0.15, -0.1) is 0 Å². The van der Waals surface area contributed by atoms with Gasteiger partial charge in [-0.25, -0.2) is 13.1 Å². The van der Waals surface area contributed by atoms with E-state index in [1.54, 1.807) is 30.5 Å². The predicted molar refractivity (Wildman–Crippen MR) is 87.2 cm³/mol. The second kappa shape index (κ2) is 6.18. The van der Waals surface area contributed by atoms with Crippen molar-refractivity contribution >= 4 is 26.7 Å². The Balaban J connectivity index is 1.81. The van der Waals surface area contributed by atoms with Gasteiger partial charge in [-0.3, -0.25) is 9.78 Å². The van der Waals surface area contributed by atoms with E-state index in [-0.39, 0.29) is 11.3 Å². The van der Waals surface area contributed by atoms with E-state index in [1.807, 2.05) is 24.3 Å². The minimum atomic E-state index is -3.89. The van der Waals surface area contributed by atoms with Gasteiger partial charge in [0.15, 0.2) is 0 Å². The van der Waals surface area contributed by atoms with Crippen LogP contribution in [0.2, 0.25) is 0 Å². The number of benzene rings is 2. The Morgan fingerprint density at radius 3 is 2.52 bits per heavy atom. The molecule has 23 heavy (non-hydrogen) atoms. The second-order valence-electron chi connectivity index (χ2n) is 5.08. The Morgan fingerprint density at radius 2 is 1.78 bits per heavy atom. The highest BCUT2D eigenvalue weighted by Crippen LogP contribution is 2.18. The average Bonchev–Trinajstić information content (AvgIpc) is 2.54. The summed E-state index contributed by atoms with van der Waals surface area (Å²) in [6.07, 6.45) is 3.08. The first-order valence-corrected chi connectivity index (χ1v) is 8.46. The van der Waals surface area contributed by atoms with Gasteiger partial charge < -0.3 is 0 Å². The molecule has 0 atom stereocenters. The Morgan fingerprint density at radius 1 is 1.00 bits per heavy atom. The quantitative estimate of drug-likeness (QED) is 0.798. The molecule has 3 rings (SSSR count). The van der Waals surface area contributed by atoms with E-state index in [0.29, 0.717) is 5.56 Å². The Bertz CT molecular complexity index is 954. The molecule has 1 N–H and O–H groups in total. The second-order valence-corrected chi connectivity index (χ2v) is 6.76. The van der Waals surface area contributed by atoms with Gasteiger partial charge in [-0.05, 0) is 34.5 Å². The number of sulfonamides is 1. The summed E-state index contributed by atoms with van der Waals surface area (Å²) in [6, 6.07) is 15.6. The number of rotatable bonds is 4. The topological polar surface area (TPSA) is 76.1 Å². The molecule has 116 valence electrons. The summed E-state index contributed by atoms with van der Waals surface area (Å²) in [5.41, 5.74) is 0.652. The van der Waals surface area contributed by atoms with Crippen LogP contribution in [0.4, 0.5) is 0 Å². The number of nitrogens with one attached hydrogen (secondary N) is 1. The normalized spacial score (nSPS) is 11.3. The molecule has 0 aliphatic rings. The van der Waals surface area contributed by atoms with E-state index in [2.05, 4.69) is 9.71 Å². The maximum atomic E-state index is 12.3. The molecule has 0 bridgehead atoms. The zero-order valence-corrected chi connectivity index (χ0v) is 13.0. The standard InChI is InChI=1S/C17H14N2O3S/c20-17(10-13-4-3-9-18-12-13)19-23(21,22)16-8-7-14-5-1-2-6-15(14)11-16/h1-9,11-12H,10H2,(H,19,20). The van der Waals surface area contributed by atoms with E-state index >= 15 is 0 Å². The summed E-state index contributed by atoms with van der Waals surface area (Å²) in [7, 11) is -3.89. The molecule has 0 radical (unpaired) electrons. The number of hydrogen-bond donors (Lipinski definition) is 1. The van der Waals surface area contributed by atoms with Gasteiger partial charge in [0.1, 0.15) is 0 Å². The molecule has 2 aromatic carbocycles. The molecule has 0 saturated heterocycles. The highest BCUT2D eigenvalue weighted by atomic mass is 32.2. The summed E-state index contributed by atoms with van der Waals surface area (Å²) in [6.45, 7) is 0. The minimum Gasteiger partial charge on any atom is -0.274 e. The lowest BCUT2D eigenvalue weighted by molar-refractivity contribution is -0.118. The van der Waals surface area contributed by atoms with Crippen LogP contribution in [-0.2, 0) is 21.2 Å². The molecule has 0 spiro atoms. The van der Waals surface area contributed by atoms with Crippen molar-refractivity contribution < 1.29 is 13.2 Å². The van der Waals surface area contributed by atoms with E-state index < -0.39 is 15.9 Å². The fraction of sp³-hybridized carbons (Fsp3) is 0.0588. The average molecular weight is 326 g/mol. The lowest BCUT2D eigenvalue weighted by Crippen LogP contribution is -2.31.